The number of methoxy groups -OCH3 is 1. The summed E-state index contributed by atoms with van der Waals surface area (Å²) in [5.41, 5.74) is 4.62. The number of carbonyl (C=O) groups excluding carboxylic acids is 1. The van der Waals surface area contributed by atoms with Crippen molar-refractivity contribution in [3.63, 3.8) is 0 Å². The number of hydrogen-bond acceptors (Lipinski definition) is 5. The van der Waals surface area contributed by atoms with Crippen molar-refractivity contribution in [1.29, 1.82) is 0 Å². The van der Waals surface area contributed by atoms with E-state index in [1.807, 2.05) is 43.3 Å². The fourth-order valence-corrected chi connectivity index (χ4v) is 4.79. The molecule has 188 valence electrons. The highest BCUT2D eigenvalue weighted by Crippen LogP contribution is 2.41. The number of nitrogens with zero attached hydrogens (tertiary/aromatic N) is 2. The Kier molecular flexibility index (Phi) is 8.21. The number of hydrogen-bond donors (Lipinski definition) is 1. The van der Waals surface area contributed by atoms with Crippen LogP contribution >= 0.6 is 23.2 Å². The Morgan fingerprint density at radius 3 is 2.43 bits per heavy atom. The predicted molar refractivity (Wildman–Crippen MR) is 144 cm³/mol. The Morgan fingerprint density at radius 2 is 1.78 bits per heavy atom. The molecule has 5 nitrogen and oxygen atoms in total. The molecule has 0 saturated carbocycles. The SMILES string of the molecule is COC(=O)c1c(-c2ccc(Cl)cc2F)cc(-c2ccccc2)c(CC/C(=N\O)c2ccnc(C)c2)c1Cl. The van der Waals surface area contributed by atoms with Gasteiger partial charge in [-0.1, -0.05) is 58.7 Å². The Labute approximate surface area is 224 Å². The topological polar surface area (TPSA) is 71.8 Å². The Balaban J connectivity index is 1.91. The van der Waals surface area contributed by atoms with Gasteiger partial charge in [-0.3, -0.25) is 4.98 Å². The average molecular weight is 537 g/mol. The molecule has 0 spiro atoms. The number of esters is 1. The van der Waals surface area contributed by atoms with Gasteiger partial charge in [0.05, 0.1) is 23.4 Å². The van der Waals surface area contributed by atoms with Gasteiger partial charge in [0.15, 0.2) is 0 Å². The lowest BCUT2D eigenvalue weighted by atomic mass is 9.88. The van der Waals surface area contributed by atoms with E-state index >= 15 is 4.39 Å². The van der Waals surface area contributed by atoms with Gasteiger partial charge in [0, 0.05) is 33.6 Å². The molecule has 37 heavy (non-hydrogen) atoms. The molecule has 4 rings (SSSR count). The molecule has 0 bridgehead atoms. The van der Waals surface area contributed by atoms with Crippen molar-refractivity contribution in [2.24, 2.45) is 5.16 Å². The normalized spacial score (nSPS) is 11.4. The van der Waals surface area contributed by atoms with Crippen LogP contribution in [0.3, 0.4) is 0 Å². The van der Waals surface area contributed by atoms with Crippen LogP contribution < -0.4 is 0 Å². The lowest BCUT2D eigenvalue weighted by Gasteiger charge is -2.19. The first-order chi connectivity index (χ1) is 17.8. The van der Waals surface area contributed by atoms with Crippen molar-refractivity contribution in [2.75, 3.05) is 7.11 Å². The van der Waals surface area contributed by atoms with Crippen molar-refractivity contribution >= 4 is 34.9 Å². The van der Waals surface area contributed by atoms with E-state index in [2.05, 4.69) is 10.1 Å². The first-order valence-corrected chi connectivity index (χ1v) is 12.2. The molecule has 0 saturated heterocycles. The van der Waals surface area contributed by atoms with Crippen LogP contribution in [0.2, 0.25) is 10.0 Å². The zero-order valence-electron chi connectivity index (χ0n) is 20.1. The van der Waals surface area contributed by atoms with Gasteiger partial charge in [0.2, 0.25) is 0 Å². The van der Waals surface area contributed by atoms with Gasteiger partial charge in [0.25, 0.3) is 0 Å². The molecule has 0 aliphatic carbocycles. The largest absolute Gasteiger partial charge is 0.465 e. The smallest absolute Gasteiger partial charge is 0.340 e. The summed E-state index contributed by atoms with van der Waals surface area (Å²) in [6.07, 6.45) is 2.29. The quantitative estimate of drug-likeness (QED) is 0.113. The van der Waals surface area contributed by atoms with Crippen LogP contribution in [0, 0.1) is 12.7 Å². The summed E-state index contributed by atoms with van der Waals surface area (Å²) in [5.74, 6) is -1.29. The van der Waals surface area contributed by atoms with E-state index in [0.29, 0.717) is 29.7 Å². The summed E-state index contributed by atoms with van der Waals surface area (Å²) in [6, 6.07) is 19.0. The summed E-state index contributed by atoms with van der Waals surface area (Å²) in [4.78, 5) is 17.1. The lowest BCUT2D eigenvalue weighted by molar-refractivity contribution is 0.0601. The maximum atomic E-state index is 15.0. The first-order valence-electron chi connectivity index (χ1n) is 11.4. The number of aryl methyl sites for hydroxylation is 1. The van der Waals surface area contributed by atoms with Gasteiger partial charge >= 0.3 is 5.97 Å². The highest BCUT2D eigenvalue weighted by Gasteiger charge is 2.26. The lowest BCUT2D eigenvalue weighted by Crippen LogP contribution is -2.10. The summed E-state index contributed by atoms with van der Waals surface area (Å²) >= 11 is 12.9. The third kappa shape index (κ3) is 5.66. The summed E-state index contributed by atoms with van der Waals surface area (Å²) in [6.45, 7) is 1.85. The third-order valence-electron chi connectivity index (χ3n) is 6.03. The van der Waals surface area contributed by atoms with E-state index < -0.39 is 11.8 Å². The second-order valence-corrected chi connectivity index (χ2v) is 9.17. The molecule has 0 radical (unpaired) electrons. The number of aromatic nitrogens is 1. The van der Waals surface area contributed by atoms with Crippen molar-refractivity contribution in [2.45, 2.75) is 19.8 Å². The number of benzene rings is 3. The van der Waals surface area contributed by atoms with Crippen LogP contribution in [-0.2, 0) is 11.2 Å². The number of halogens is 3. The molecule has 0 unspecified atom stereocenters. The monoisotopic (exact) mass is 536 g/mol. The van der Waals surface area contributed by atoms with E-state index in [1.54, 1.807) is 24.4 Å². The summed E-state index contributed by atoms with van der Waals surface area (Å²) in [7, 11) is 1.24. The molecular weight excluding hydrogens is 514 g/mol. The van der Waals surface area contributed by atoms with Gasteiger partial charge in [-0.15, -0.1) is 0 Å². The second kappa shape index (κ2) is 11.5. The molecule has 4 aromatic rings. The zero-order valence-corrected chi connectivity index (χ0v) is 21.6. The second-order valence-electron chi connectivity index (χ2n) is 8.35. The molecule has 1 heterocycles. The predicted octanol–water partition coefficient (Wildman–Crippen LogP) is 7.77. The molecule has 0 fully saturated rings. The van der Waals surface area contributed by atoms with Crippen LogP contribution in [0.1, 0.15) is 33.6 Å². The fourth-order valence-electron chi connectivity index (χ4n) is 4.25. The molecule has 1 N–H and O–H groups in total. The minimum Gasteiger partial charge on any atom is -0.465 e. The summed E-state index contributed by atoms with van der Waals surface area (Å²) in [5, 5.41) is 13.6. The van der Waals surface area contributed by atoms with Gasteiger partial charge in [0.1, 0.15) is 5.82 Å². The molecule has 1 aromatic heterocycles. The maximum absolute atomic E-state index is 15.0. The Hall–Kier alpha value is -3.74. The highest BCUT2D eigenvalue weighted by atomic mass is 35.5. The first kappa shape index (κ1) is 26.3. The number of carbonyl (C=O) groups is 1. The van der Waals surface area contributed by atoms with Crippen LogP contribution in [-0.4, -0.2) is 29.0 Å². The number of ether oxygens (including phenoxy) is 1. The highest BCUT2D eigenvalue weighted by molar-refractivity contribution is 6.36. The molecule has 0 atom stereocenters. The van der Waals surface area contributed by atoms with Gasteiger partial charge < -0.3 is 9.94 Å². The number of oxime groups is 1. The molecular formula is C29H23Cl2FN2O3. The van der Waals surface area contributed by atoms with Crippen LogP contribution in [0.5, 0.6) is 0 Å². The van der Waals surface area contributed by atoms with Crippen molar-refractivity contribution < 1.29 is 19.1 Å². The van der Waals surface area contributed by atoms with E-state index in [9.17, 15) is 10.0 Å². The minimum absolute atomic E-state index is 0.0438. The molecule has 0 aliphatic rings. The Morgan fingerprint density at radius 1 is 1.03 bits per heavy atom. The molecule has 3 aromatic carbocycles. The van der Waals surface area contributed by atoms with Crippen LogP contribution in [0.15, 0.2) is 78.1 Å². The standard InChI is InChI=1S/C29H23Cl2FN2O3/c1-17-14-19(12-13-33-17)26(34-36)11-10-22-23(18-6-4-3-5-7-18)16-24(27(28(22)31)29(35)37-2)21-9-8-20(30)15-25(21)32/h3-9,12-16,36H,10-11H2,1-2H3/b34-26+. The molecule has 0 aliphatic heterocycles. The van der Waals surface area contributed by atoms with Gasteiger partial charge in [-0.05, 0) is 72.9 Å². The summed E-state index contributed by atoms with van der Waals surface area (Å²) < 4.78 is 20.1. The Bertz CT molecular complexity index is 1490. The maximum Gasteiger partial charge on any atom is 0.340 e. The van der Waals surface area contributed by atoms with Crippen LogP contribution in [0.4, 0.5) is 4.39 Å². The van der Waals surface area contributed by atoms with E-state index in [-0.39, 0.29) is 26.7 Å². The average Bonchev–Trinajstić information content (AvgIpc) is 2.89. The van der Waals surface area contributed by atoms with E-state index in [1.165, 1.54) is 19.2 Å². The third-order valence-corrected chi connectivity index (χ3v) is 6.68. The number of rotatable bonds is 7. The zero-order chi connectivity index (χ0) is 26.5. The van der Waals surface area contributed by atoms with Gasteiger partial charge in [-0.2, -0.15) is 0 Å². The fraction of sp³-hybridized carbons (Fsp3) is 0.138. The van der Waals surface area contributed by atoms with Crippen molar-refractivity contribution in [1.82, 2.24) is 4.98 Å². The van der Waals surface area contributed by atoms with Gasteiger partial charge in [-0.25, -0.2) is 9.18 Å². The van der Waals surface area contributed by atoms with Crippen LogP contribution in [0.25, 0.3) is 22.3 Å². The van der Waals surface area contributed by atoms with Crippen molar-refractivity contribution in [3.05, 3.63) is 111 Å². The number of pyridine rings is 1. The minimum atomic E-state index is -0.698. The molecule has 8 heteroatoms. The van der Waals surface area contributed by atoms with E-state index in [0.717, 1.165) is 16.8 Å². The van der Waals surface area contributed by atoms with E-state index in [4.69, 9.17) is 27.9 Å². The molecule has 0 amide bonds. The van der Waals surface area contributed by atoms with Crippen molar-refractivity contribution in [3.8, 4) is 22.3 Å².